The number of hydrogen-bond acceptors (Lipinski definition) is 1. The van der Waals surface area contributed by atoms with Gasteiger partial charge in [-0.05, 0) is 59.0 Å². The summed E-state index contributed by atoms with van der Waals surface area (Å²) < 4.78 is 1.29. The molecule has 15 heavy (non-hydrogen) atoms. The van der Waals surface area contributed by atoms with Gasteiger partial charge in [0.05, 0.1) is 0 Å². The molecule has 0 amide bonds. The molecule has 2 rings (SSSR count). The molecular formula is C12H17ClIN. The Hall–Kier alpha value is 0.200. The van der Waals surface area contributed by atoms with Gasteiger partial charge in [0.2, 0.25) is 0 Å². The van der Waals surface area contributed by atoms with E-state index in [9.17, 15) is 0 Å². The van der Waals surface area contributed by atoms with E-state index in [2.05, 4.69) is 46.9 Å². The number of nitrogens with two attached hydrogens (primary N) is 1. The molecule has 0 heterocycles. The lowest BCUT2D eigenvalue weighted by Gasteiger charge is -2.19. The first-order valence-electron chi connectivity index (χ1n) is 5.28. The normalized spacial score (nSPS) is 18.5. The van der Waals surface area contributed by atoms with E-state index in [1.54, 1.807) is 0 Å². The second-order valence-corrected chi connectivity index (χ2v) is 5.37. The molecule has 0 aromatic heterocycles. The lowest BCUT2D eigenvalue weighted by Crippen LogP contribution is -2.19. The van der Waals surface area contributed by atoms with Crippen LogP contribution in [0.15, 0.2) is 24.3 Å². The van der Waals surface area contributed by atoms with Crippen molar-refractivity contribution in [2.45, 2.75) is 31.7 Å². The molecule has 0 radical (unpaired) electrons. The second-order valence-electron chi connectivity index (χ2n) is 4.13. The molecule has 84 valence electrons. The summed E-state index contributed by atoms with van der Waals surface area (Å²) in [6.45, 7) is 0. The molecular weight excluding hydrogens is 320 g/mol. The molecule has 0 aliphatic heterocycles. The average molecular weight is 338 g/mol. The highest BCUT2D eigenvalue weighted by Gasteiger charge is 2.22. The Bertz CT molecular complexity index is 310. The fraction of sp³-hybridized carbons (Fsp3) is 0.500. The van der Waals surface area contributed by atoms with Crippen LogP contribution in [0, 0.1) is 9.49 Å². The maximum atomic E-state index is 6.27. The van der Waals surface area contributed by atoms with Gasteiger partial charge in [0.15, 0.2) is 0 Å². The van der Waals surface area contributed by atoms with Crippen molar-refractivity contribution in [2.24, 2.45) is 11.7 Å². The Kier molecular flexibility index (Phi) is 5.36. The van der Waals surface area contributed by atoms with Gasteiger partial charge in [-0.2, -0.15) is 0 Å². The largest absolute Gasteiger partial charge is 0.324 e. The van der Waals surface area contributed by atoms with Crippen molar-refractivity contribution in [1.82, 2.24) is 0 Å². The van der Waals surface area contributed by atoms with Crippen LogP contribution in [0.3, 0.4) is 0 Å². The average Bonchev–Trinajstić information content (AvgIpc) is 2.69. The van der Waals surface area contributed by atoms with E-state index >= 15 is 0 Å². The van der Waals surface area contributed by atoms with E-state index in [4.69, 9.17) is 5.73 Å². The Labute approximate surface area is 111 Å². The third kappa shape index (κ3) is 3.33. The van der Waals surface area contributed by atoms with Gasteiger partial charge in [-0.15, -0.1) is 12.4 Å². The molecule has 0 bridgehead atoms. The van der Waals surface area contributed by atoms with Gasteiger partial charge in [0, 0.05) is 9.61 Å². The molecule has 0 saturated heterocycles. The van der Waals surface area contributed by atoms with Gasteiger partial charge in [0.1, 0.15) is 0 Å². The fourth-order valence-corrected chi connectivity index (χ4v) is 2.87. The van der Waals surface area contributed by atoms with E-state index in [0.29, 0.717) is 5.92 Å². The summed E-state index contributed by atoms with van der Waals surface area (Å²) in [7, 11) is 0. The van der Waals surface area contributed by atoms with Crippen LogP contribution in [0.2, 0.25) is 0 Å². The van der Waals surface area contributed by atoms with Gasteiger partial charge >= 0.3 is 0 Å². The van der Waals surface area contributed by atoms with Gasteiger partial charge < -0.3 is 5.73 Å². The molecule has 1 aromatic carbocycles. The first-order chi connectivity index (χ1) is 6.77. The molecule has 1 fully saturated rings. The van der Waals surface area contributed by atoms with Crippen molar-refractivity contribution >= 4 is 35.0 Å². The quantitative estimate of drug-likeness (QED) is 0.814. The highest BCUT2D eigenvalue weighted by atomic mass is 127. The van der Waals surface area contributed by atoms with Crippen LogP contribution in [0.1, 0.15) is 37.3 Å². The number of hydrogen-bond donors (Lipinski definition) is 1. The third-order valence-electron chi connectivity index (χ3n) is 3.14. The summed E-state index contributed by atoms with van der Waals surface area (Å²) >= 11 is 2.35. The fourth-order valence-electron chi connectivity index (χ4n) is 2.30. The van der Waals surface area contributed by atoms with E-state index in [-0.39, 0.29) is 18.4 Å². The minimum Gasteiger partial charge on any atom is -0.324 e. The van der Waals surface area contributed by atoms with Crippen LogP contribution in [-0.4, -0.2) is 0 Å². The monoisotopic (exact) mass is 337 g/mol. The molecule has 1 saturated carbocycles. The number of rotatable bonds is 2. The Morgan fingerprint density at radius 2 is 1.93 bits per heavy atom. The Balaban J connectivity index is 0.00000112. The molecule has 1 aliphatic rings. The molecule has 1 aliphatic carbocycles. The molecule has 1 aromatic rings. The second kappa shape index (κ2) is 6.06. The maximum absolute atomic E-state index is 6.27. The maximum Gasteiger partial charge on any atom is 0.0323 e. The topological polar surface area (TPSA) is 26.0 Å². The predicted octanol–water partition coefficient (Wildman–Crippen LogP) is 3.90. The highest BCUT2D eigenvalue weighted by Crippen LogP contribution is 2.34. The zero-order valence-corrected chi connectivity index (χ0v) is 11.6. The van der Waals surface area contributed by atoms with Gasteiger partial charge in [0.25, 0.3) is 0 Å². The van der Waals surface area contributed by atoms with Crippen molar-refractivity contribution in [3.05, 3.63) is 33.4 Å². The van der Waals surface area contributed by atoms with Crippen LogP contribution >= 0.6 is 35.0 Å². The highest BCUT2D eigenvalue weighted by molar-refractivity contribution is 14.1. The molecule has 1 nitrogen and oxygen atoms in total. The van der Waals surface area contributed by atoms with E-state index in [1.807, 2.05) is 0 Å². The number of halogens is 2. The zero-order valence-electron chi connectivity index (χ0n) is 8.66. The van der Waals surface area contributed by atoms with Crippen LogP contribution in [0.5, 0.6) is 0 Å². The minimum absolute atomic E-state index is 0. The van der Waals surface area contributed by atoms with Crippen molar-refractivity contribution in [2.75, 3.05) is 0 Å². The molecule has 1 atom stereocenters. The zero-order chi connectivity index (χ0) is 9.97. The first-order valence-corrected chi connectivity index (χ1v) is 6.36. The summed E-state index contributed by atoms with van der Waals surface area (Å²) in [5, 5.41) is 0. The van der Waals surface area contributed by atoms with Crippen LogP contribution in [0.4, 0.5) is 0 Å². The standard InChI is InChI=1S/C12H16IN.ClH/c13-11-7-3-6-10(8-11)12(14)9-4-1-2-5-9;/h3,6-9,12H,1-2,4-5,14H2;1H/t12-;/m0./s1. The smallest absolute Gasteiger partial charge is 0.0323 e. The lowest BCUT2D eigenvalue weighted by atomic mass is 9.93. The van der Waals surface area contributed by atoms with Crippen LogP contribution < -0.4 is 5.73 Å². The van der Waals surface area contributed by atoms with Crippen LogP contribution in [0.25, 0.3) is 0 Å². The van der Waals surface area contributed by atoms with Crippen molar-refractivity contribution in [3.8, 4) is 0 Å². The summed E-state index contributed by atoms with van der Waals surface area (Å²) in [5.41, 5.74) is 7.57. The van der Waals surface area contributed by atoms with E-state index in [0.717, 1.165) is 0 Å². The summed E-state index contributed by atoms with van der Waals surface area (Å²) in [6, 6.07) is 8.85. The van der Waals surface area contributed by atoms with E-state index < -0.39 is 0 Å². The van der Waals surface area contributed by atoms with Crippen molar-refractivity contribution in [3.63, 3.8) is 0 Å². The minimum atomic E-state index is 0. The summed E-state index contributed by atoms with van der Waals surface area (Å²) in [5.74, 6) is 0.716. The Morgan fingerprint density at radius 1 is 1.27 bits per heavy atom. The van der Waals surface area contributed by atoms with Gasteiger partial charge in [-0.3, -0.25) is 0 Å². The van der Waals surface area contributed by atoms with Crippen molar-refractivity contribution < 1.29 is 0 Å². The summed E-state index contributed by atoms with van der Waals surface area (Å²) in [4.78, 5) is 0. The SMILES string of the molecule is Cl.N[C@H](c1cccc(I)c1)C1CCCC1. The molecule has 3 heteroatoms. The summed E-state index contributed by atoms with van der Waals surface area (Å²) in [6.07, 6.45) is 5.35. The van der Waals surface area contributed by atoms with E-state index in [1.165, 1.54) is 34.8 Å². The Morgan fingerprint density at radius 3 is 2.53 bits per heavy atom. The predicted molar refractivity (Wildman–Crippen MR) is 75.3 cm³/mol. The molecule has 2 N–H and O–H groups in total. The number of benzene rings is 1. The van der Waals surface area contributed by atoms with Crippen LogP contribution in [-0.2, 0) is 0 Å². The third-order valence-corrected chi connectivity index (χ3v) is 3.81. The van der Waals surface area contributed by atoms with Gasteiger partial charge in [-0.25, -0.2) is 0 Å². The van der Waals surface area contributed by atoms with Crippen molar-refractivity contribution in [1.29, 1.82) is 0 Å². The molecule has 0 unspecified atom stereocenters. The lowest BCUT2D eigenvalue weighted by molar-refractivity contribution is 0.445. The first kappa shape index (κ1) is 13.3. The molecule has 0 spiro atoms. The van der Waals surface area contributed by atoms with Gasteiger partial charge in [-0.1, -0.05) is 25.0 Å².